The van der Waals surface area contributed by atoms with Crippen LogP contribution in [-0.4, -0.2) is 27.4 Å². The lowest BCUT2D eigenvalue weighted by molar-refractivity contribution is -0.122. The SMILES string of the molecule is Cc1cc(/C=C2\C(=O)NC(=O)N(c3cccc(Cl)c3Cl)C2=O)c(C)n1-c1cccnc1. The molecular weight excluding hydrogens is 439 g/mol. The first-order valence-electron chi connectivity index (χ1n) is 9.24. The van der Waals surface area contributed by atoms with Crippen LogP contribution in [0, 0.1) is 13.8 Å². The van der Waals surface area contributed by atoms with Crippen LogP contribution >= 0.6 is 23.2 Å². The van der Waals surface area contributed by atoms with Gasteiger partial charge in [0.15, 0.2) is 0 Å². The molecule has 0 unspecified atom stereocenters. The van der Waals surface area contributed by atoms with Crippen LogP contribution in [0.5, 0.6) is 0 Å². The van der Waals surface area contributed by atoms with Gasteiger partial charge in [0.2, 0.25) is 0 Å². The summed E-state index contributed by atoms with van der Waals surface area (Å²) in [4.78, 5) is 43.0. The molecule has 1 aliphatic heterocycles. The predicted molar refractivity (Wildman–Crippen MR) is 119 cm³/mol. The van der Waals surface area contributed by atoms with Crippen molar-refractivity contribution in [1.29, 1.82) is 0 Å². The van der Waals surface area contributed by atoms with Crippen molar-refractivity contribution in [1.82, 2.24) is 14.9 Å². The van der Waals surface area contributed by atoms with Crippen molar-refractivity contribution < 1.29 is 14.4 Å². The van der Waals surface area contributed by atoms with Gasteiger partial charge in [-0.15, -0.1) is 0 Å². The van der Waals surface area contributed by atoms with E-state index in [1.807, 2.05) is 36.6 Å². The van der Waals surface area contributed by atoms with Crippen molar-refractivity contribution in [3.05, 3.63) is 81.4 Å². The number of halogens is 2. The third-order valence-electron chi connectivity index (χ3n) is 4.95. The van der Waals surface area contributed by atoms with Gasteiger partial charge < -0.3 is 4.57 Å². The molecule has 9 heteroatoms. The fourth-order valence-electron chi connectivity index (χ4n) is 3.51. The maximum Gasteiger partial charge on any atom is 0.336 e. The van der Waals surface area contributed by atoms with E-state index in [4.69, 9.17) is 23.2 Å². The lowest BCUT2D eigenvalue weighted by Crippen LogP contribution is -2.54. The molecule has 156 valence electrons. The van der Waals surface area contributed by atoms with Gasteiger partial charge in [-0.3, -0.25) is 19.9 Å². The summed E-state index contributed by atoms with van der Waals surface area (Å²) in [7, 11) is 0. The summed E-state index contributed by atoms with van der Waals surface area (Å²) in [5.74, 6) is -1.57. The van der Waals surface area contributed by atoms with E-state index in [0.717, 1.165) is 22.0 Å². The summed E-state index contributed by atoms with van der Waals surface area (Å²) >= 11 is 12.2. The molecular formula is C22H16Cl2N4O3. The van der Waals surface area contributed by atoms with Crippen LogP contribution in [0.3, 0.4) is 0 Å². The average Bonchev–Trinajstić information content (AvgIpc) is 3.02. The molecule has 1 N–H and O–H groups in total. The summed E-state index contributed by atoms with van der Waals surface area (Å²) in [5.41, 5.74) is 3.11. The average molecular weight is 455 g/mol. The van der Waals surface area contributed by atoms with Gasteiger partial charge in [0.05, 0.1) is 27.6 Å². The zero-order chi connectivity index (χ0) is 22.3. The van der Waals surface area contributed by atoms with E-state index in [-0.39, 0.29) is 21.3 Å². The highest BCUT2D eigenvalue weighted by Crippen LogP contribution is 2.34. The van der Waals surface area contributed by atoms with Gasteiger partial charge >= 0.3 is 6.03 Å². The van der Waals surface area contributed by atoms with Crippen molar-refractivity contribution in [3.8, 4) is 5.69 Å². The maximum absolute atomic E-state index is 13.1. The standard InChI is InChI=1S/C22H16Cl2N4O3/c1-12-9-14(13(2)27(12)15-5-4-8-25-11-15)10-16-20(29)26-22(31)28(21(16)30)18-7-3-6-17(23)19(18)24/h3-11H,1-2H3,(H,26,29,31)/b16-10+. The lowest BCUT2D eigenvalue weighted by Gasteiger charge is -2.27. The quantitative estimate of drug-likeness (QED) is 0.467. The van der Waals surface area contributed by atoms with E-state index in [1.54, 1.807) is 18.5 Å². The number of nitrogens with zero attached hydrogens (tertiary/aromatic N) is 3. The van der Waals surface area contributed by atoms with Crippen molar-refractivity contribution in [2.45, 2.75) is 13.8 Å². The maximum atomic E-state index is 13.1. The highest BCUT2D eigenvalue weighted by atomic mass is 35.5. The Balaban J connectivity index is 1.79. The van der Waals surface area contributed by atoms with Gasteiger partial charge in [-0.05, 0) is 55.8 Å². The summed E-state index contributed by atoms with van der Waals surface area (Å²) in [6.07, 6.45) is 4.86. The number of benzene rings is 1. The van der Waals surface area contributed by atoms with Crippen LogP contribution in [0.1, 0.15) is 17.0 Å². The number of hydrogen-bond acceptors (Lipinski definition) is 4. The number of carbonyl (C=O) groups excluding carboxylic acids is 3. The Morgan fingerprint density at radius 1 is 1.06 bits per heavy atom. The third-order valence-corrected chi connectivity index (χ3v) is 5.76. The number of pyridine rings is 1. The van der Waals surface area contributed by atoms with Gasteiger partial charge in [0.1, 0.15) is 5.57 Å². The van der Waals surface area contributed by atoms with Crippen LogP contribution in [-0.2, 0) is 9.59 Å². The smallest absolute Gasteiger partial charge is 0.316 e. The molecule has 1 saturated heterocycles. The van der Waals surface area contributed by atoms with Crippen molar-refractivity contribution >= 4 is 52.8 Å². The van der Waals surface area contributed by atoms with Crippen LogP contribution in [0.25, 0.3) is 11.8 Å². The highest BCUT2D eigenvalue weighted by Gasteiger charge is 2.38. The second-order valence-electron chi connectivity index (χ2n) is 6.90. The Hall–Kier alpha value is -3.42. The van der Waals surface area contributed by atoms with Gasteiger partial charge in [-0.2, -0.15) is 0 Å². The van der Waals surface area contributed by atoms with Gasteiger partial charge in [0, 0.05) is 17.6 Å². The van der Waals surface area contributed by atoms with Crippen molar-refractivity contribution in [3.63, 3.8) is 0 Å². The summed E-state index contributed by atoms with van der Waals surface area (Å²) in [6, 6.07) is 9.26. The van der Waals surface area contributed by atoms with Crippen LogP contribution in [0.2, 0.25) is 10.0 Å². The molecule has 1 aliphatic rings. The first-order chi connectivity index (χ1) is 14.8. The molecule has 0 radical (unpaired) electrons. The Morgan fingerprint density at radius 3 is 2.55 bits per heavy atom. The monoisotopic (exact) mass is 454 g/mol. The molecule has 0 saturated carbocycles. The first kappa shape index (κ1) is 20.8. The topological polar surface area (TPSA) is 84.3 Å². The van der Waals surface area contributed by atoms with E-state index < -0.39 is 17.8 Å². The summed E-state index contributed by atoms with van der Waals surface area (Å²) < 4.78 is 1.96. The van der Waals surface area contributed by atoms with Crippen LogP contribution < -0.4 is 10.2 Å². The molecule has 1 aromatic carbocycles. The second kappa shape index (κ2) is 8.02. The molecule has 0 bridgehead atoms. The van der Waals surface area contributed by atoms with Gasteiger partial charge in [0.25, 0.3) is 11.8 Å². The number of hydrogen-bond donors (Lipinski definition) is 1. The van der Waals surface area contributed by atoms with E-state index in [0.29, 0.717) is 5.56 Å². The fourth-order valence-corrected chi connectivity index (χ4v) is 3.89. The molecule has 1 fully saturated rings. The largest absolute Gasteiger partial charge is 0.336 e. The lowest BCUT2D eigenvalue weighted by atomic mass is 10.1. The zero-order valence-electron chi connectivity index (χ0n) is 16.5. The number of aryl methyl sites for hydroxylation is 1. The normalized spacial score (nSPS) is 15.5. The number of urea groups is 1. The molecule has 3 aromatic rings. The molecule has 2 aromatic heterocycles. The van der Waals surface area contributed by atoms with E-state index in [2.05, 4.69) is 10.3 Å². The fraction of sp³-hybridized carbons (Fsp3) is 0.0909. The summed E-state index contributed by atoms with van der Waals surface area (Å²) in [6.45, 7) is 3.78. The van der Waals surface area contributed by atoms with Crippen molar-refractivity contribution in [2.24, 2.45) is 0 Å². The molecule has 4 amide bonds. The molecule has 3 heterocycles. The highest BCUT2D eigenvalue weighted by molar-refractivity contribution is 6.46. The Bertz CT molecular complexity index is 1270. The van der Waals surface area contributed by atoms with E-state index in [9.17, 15) is 14.4 Å². The van der Waals surface area contributed by atoms with Crippen LogP contribution in [0.4, 0.5) is 10.5 Å². The minimum absolute atomic E-state index is 0.0381. The minimum atomic E-state index is -0.892. The number of imide groups is 2. The number of barbiturate groups is 1. The molecule has 0 spiro atoms. The number of anilines is 1. The van der Waals surface area contributed by atoms with Crippen LogP contribution in [0.15, 0.2) is 54.4 Å². The Labute approximate surface area is 187 Å². The molecule has 31 heavy (non-hydrogen) atoms. The zero-order valence-corrected chi connectivity index (χ0v) is 18.0. The van der Waals surface area contributed by atoms with Gasteiger partial charge in [-0.25, -0.2) is 9.69 Å². The van der Waals surface area contributed by atoms with Gasteiger partial charge in [-0.1, -0.05) is 29.3 Å². The van der Waals surface area contributed by atoms with E-state index in [1.165, 1.54) is 18.2 Å². The molecule has 7 nitrogen and oxygen atoms in total. The summed E-state index contributed by atoms with van der Waals surface area (Å²) in [5, 5.41) is 2.41. The third kappa shape index (κ3) is 3.62. The first-order valence-corrected chi connectivity index (χ1v) is 10.00. The number of amides is 4. The van der Waals surface area contributed by atoms with Crippen molar-refractivity contribution in [2.75, 3.05) is 4.90 Å². The number of carbonyl (C=O) groups is 3. The minimum Gasteiger partial charge on any atom is -0.316 e. The Morgan fingerprint density at radius 2 is 1.84 bits per heavy atom. The molecule has 4 rings (SSSR count). The predicted octanol–water partition coefficient (Wildman–Crippen LogP) is 4.46. The van der Waals surface area contributed by atoms with E-state index >= 15 is 0 Å². The Kier molecular flexibility index (Phi) is 5.39. The number of nitrogens with one attached hydrogen (secondary N) is 1. The second-order valence-corrected chi connectivity index (χ2v) is 7.69. The molecule has 0 aliphatic carbocycles. The number of aromatic nitrogens is 2. The number of rotatable bonds is 3. The molecule has 0 atom stereocenters.